The number of benzene rings is 2. The van der Waals surface area contributed by atoms with Crippen molar-refractivity contribution in [1.29, 1.82) is 0 Å². The molecule has 0 aliphatic rings. The molecule has 1 amide bonds. The fourth-order valence-electron chi connectivity index (χ4n) is 1.79. The van der Waals surface area contributed by atoms with Crippen LogP contribution in [0.25, 0.3) is 0 Å². The van der Waals surface area contributed by atoms with Crippen molar-refractivity contribution in [2.75, 3.05) is 7.11 Å². The summed E-state index contributed by atoms with van der Waals surface area (Å²) in [4.78, 5) is 11.8. The highest BCUT2D eigenvalue weighted by Gasteiger charge is 2.10. The Bertz CT molecular complexity index is 734. The molecule has 0 spiro atoms. The molecule has 0 radical (unpaired) electrons. The third-order valence-electron chi connectivity index (χ3n) is 2.89. The average molecular weight is 338 g/mol. The van der Waals surface area contributed by atoms with Crippen LogP contribution >= 0.6 is 0 Å². The molecule has 0 unspecified atom stereocenters. The number of hydrogen-bond acceptors (Lipinski definition) is 4. The van der Waals surface area contributed by atoms with E-state index in [0.717, 1.165) is 12.1 Å². The van der Waals surface area contributed by atoms with Gasteiger partial charge in [-0.05, 0) is 48.0 Å². The van der Waals surface area contributed by atoms with Crippen LogP contribution in [0, 0.1) is 5.82 Å². The predicted octanol–water partition coefficient (Wildman–Crippen LogP) is 3.20. The SMILES string of the molecule is COc1cc(C=NNC(=O)c2ccc(F)cc2)ccc1OC(F)F. The van der Waals surface area contributed by atoms with Crippen LogP contribution in [-0.2, 0) is 0 Å². The van der Waals surface area contributed by atoms with Crippen LogP contribution < -0.4 is 14.9 Å². The van der Waals surface area contributed by atoms with Crippen LogP contribution in [0.15, 0.2) is 47.6 Å². The molecular formula is C16H13F3N2O3. The van der Waals surface area contributed by atoms with E-state index >= 15 is 0 Å². The highest BCUT2D eigenvalue weighted by molar-refractivity contribution is 5.94. The molecule has 0 fully saturated rings. The Labute approximate surface area is 135 Å². The van der Waals surface area contributed by atoms with E-state index < -0.39 is 18.3 Å². The first-order valence-electron chi connectivity index (χ1n) is 6.71. The zero-order chi connectivity index (χ0) is 17.5. The Morgan fingerprint density at radius 1 is 1.17 bits per heavy atom. The van der Waals surface area contributed by atoms with Gasteiger partial charge in [-0.15, -0.1) is 0 Å². The summed E-state index contributed by atoms with van der Waals surface area (Å²) in [5.74, 6) is -0.978. The molecule has 0 atom stereocenters. The summed E-state index contributed by atoms with van der Waals surface area (Å²) in [6.45, 7) is -2.96. The van der Waals surface area contributed by atoms with E-state index in [9.17, 15) is 18.0 Å². The minimum atomic E-state index is -2.96. The van der Waals surface area contributed by atoms with Gasteiger partial charge in [0.25, 0.3) is 5.91 Å². The second-order valence-corrected chi connectivity index (χ2v) is 4.49. The summed E-state index contributed by atoms with van der Waals surface area (Å²) < 4.78 is 46.5. The predicted molar refractivity (Wildman–Crippen MR) is 81.1 cm³/mol. The van der Waals surface area contributed by atoms with Crippen LogP contribution in [0.4, 0.5) is 13.2 Å². The number of hydrogen-bond donors (Lipinski definition) is 1. The monoisotopic (exact) mass is 338 g/mol. The largest absolute Gasteiger partial charge is 0.493 e. The van der Waals surface area contributed by atoms with E-state index in [4.69, 9.17) is 4.74 Å². The van der Waals surface area contributed by atoms with E-state index in [1.54, 1.807) is 0 Å². The molecule has 126 valence electrons. The third kappa shape index (κ3) is 4.73. The quantitative estimate of drug-likeness (QED) is 0.650. The number of ether oxygens (including phenoxy) is 2. The van der Waals surface area contributed by atoms with Crippen molar-refractivity contribution in [3.8, 4) is 11.5 Å². The number of nitrogens with one attached hydrogen (secondary N) is 1. The lowest BCUT2D eigenvalue weighted by Crippen LogP contribution is -2.17. The number of alkyl halides is 2. The van der Waals surface area contributed by atoms with Crippen LogP contribution in [0.1, 0.15) is 15.9 Å². The van der Waals surface area contributed by atoms with Crippen molar-refractivity contribution in [2.45, 2.75) is 6.61 Å². The molecule has 0 aliphatic heterocycles. The minimum absolute atomic E-state index is 0.101. The van der Waals surface area contributed by atoms with E-state index in [1.165, 1.54) is 43.7 Å². The van der Waals surface area contributed by atoms with Gasteiger partial charge in [0.05, 0.1) is 13.3 Å². The van der Waals surface area contributed by atoms with Crippen LogP contribution in [0.5, 0.6) is 11.5 Å². The summed E-state index contributed by atoms with van der Waals surface area (Å²) in [6, 6.07) is 9.14. The molecule has 0 aliphatic carbocycles. The molecule has 0 saturated carbocycles. The lowest BCUT2D eigenvalue weighted by atomic mass is 10.2. The smallest absolute Gasteiger partial charge is 0.387 e. The third-order valence-corrected chi connectivity index (χ3v) is 2.89. The van der Waals surface area contributed by atoms with E-state index in [1.807, 2.05) is 0 Å². The number of carbonyl (C=O) groups is 1. The molecule has 24 heavy (non-hydrogen) atoms. The van der Waals surface area contributed by atoms with Gasteiger partial charge in [0.15, 0.2) is 11.5 Å². The fourth-order valence-corrected chi connectivity index (χ4v) is 1.79. The van der Waals surface area contributed by atoms with Crippen molar-refractivity contribution in [3.63, 3.8) is 0 Å². The molecule has 2 rings (SSSR count). The Kier molecular flexibility index (Phi) is 5.78. The zero-order valence-electron chi connectivity index (χ0n) is 12.5. The first-order valence-corrected chi connectivity index (χ1v) is 6.71. The van der Waals surface area contributed by atoms with Crippen molar-refractivity contribution in [3.05, 3.63) is 59.4 Å². The lowest BCUT2D eigenvalue weighted by molar-refractivity contribution is -0.0512. The standard InChI is InChI=1S/C16H13F3N2O3/c1-23-14-8-10(2-7-13(14)24-16(18)19)9-20-21-15(22)11-3-5-12(17)6-4-11/h2-9,16H,1H3,(H,21,22). The topological polar surface area (TPSA) is 59.9 Å². The molecule has 0 saturated heterocycles. The minimum Gasteiger partial charge on any atom is -0.493 e. The fraction of sp³-hybridized carbons (Fsp3) is 0.125. The van der Waals surface area contributed by atoms with Gasteiger partial charge in [0.1, 0.15) is 5.82 Å². The Morgan fingerprint density at radius 3 is 2.50 bits per heavy atom. The van der Waals surface area contributed by atoms with Gasteiger partial charge in [-0.2, -0.15) is 13.9 Å². The number of rotatable bonds is 6. The highest BCUT2D eigenvalue weighted by atomic mass is 19.3. The summed E-state index contributed by atoms with van der Waals surface area (Å²) in [5.41, 5.74) is 3.00. The highest BCUT2D eigenvalue weighted by Crippen LogP contribution is 2.28. The summed E-state index contributed by atoms with van der Waals surface area (Å²) in [5, 5.41) is 3.74. The van der Waals surface area contributed by atoms with Gasteiger partial charge in [0.2, 0.25) is 0 Å². The van der Waals surface area contributed by atoms with Crippen LogP contribution in [0.3, 0.4) is 0 Å². The van der Waals surface area contributed by atoms with E-state index in [-0.39, 0.29) is 17.1 Å². The number of nitrogens with zero attached hydrogens (tertiary/aromatic N) is 1. The first kappa shape index (κ1) is 17.3. The number of carbonyl (C=O) groups excluding carboxylic acids is 1. The lowest BCUT2D eigenvalue weighted by Gasteiger charge is -2.09. The average Bonchev–Trinajstić information content (AvgIpc) is 2.56. The van der Waals surface area contributed by atoms with Gasteiger partial charge in [0, 0.05) is 5.56 Å². The maximum absolute atomic E-state index is 12.8. The van der Waals surface area contributed by atoms with Crippen molar-refractivity contribution < 1.29 is 27.4 Å². The molecule has 2 aromatic carbocycles. The Balaban J connectivity index is 2.03. The van der Waals surface area contributed by atoms with Gasteiger partial charge < -0.3 is 9.47 Å². The maximum atomic E-state index is 12.8. The Hall–Kier alpha value is -3.03. The van der Waals surface area contributed by atoms with Crippen molar-refractivity contribution in [1.82, 2.24) is 5.43 Å². The number of methoxy groups -OCH3 is 1. The maximum Gasteiger partial charge on any atom is 0.387 e. The summed E-state index contributed by atoms with van der Waals surface area (Å²) in [7, 11) is 1.31. The molecule has 1 N–H and O–H groups in total. The molecule has 0 heterocycles. The van der Waals surface area contributed by atoms with Crippen molar-refractivity contribution in [2.24, 2.45) is 5.10 Å². The van der Waals surface area contributed by atoms with Gasteiger partial charge in [-0.1, -0.05) is 0 Å². The Morgan fingerprint density at radius 2 is 1.88 bits per heavy atom. The number of hydrazone groups is 1. The first-order chi connectivity index (χ1) is 11.5. The number of amides is 1. The molecule has 0 bridgehead atoms. The molecule has 0 aromatic heterocycles. The van der Waals surface area contributed by atoms with Gasteiger partial charge in [-0.25, -0.2) is 9.82 Å². The molecule has 5 nitrogen and oxygen atoms in total. The van der Waals surface area contributed by atoms with E-state index in [2.05, 4.69) is 15.3 Å². The zero-order valence-corrected chi connectivity index (χ0v) is 12.5. The normalized spacial score (nSPS) is 10.9. The van der Waals surface area contributed by atoms with Gasteiger partial charge >= 0.3 is 6.61 Å². The second-order valence-electron chi connectivity index (χ2n) is 4.49. The summed E-state index contributed by atoms with van der Waals surface area (Å²) >= 11 is 0. The molecule has 8 heteroatoms. The van der Waals surface area contributed by atoms with Crippen molar-refractivity contribution >= 4 is 12.1 Å². The molecule has 2 aromatic rings. The van der Waals surface area contributed by atoms with Crippen LogP contribution in [0.2, 0.25) is 0 Å². The summed E-state index contributed by atoms with van der Waals surface area (Å²) in [6.07, 6.45) is 1.30. The van der Waals surface area contributed by atoms with Gasteiger partial charge in [-0.3, -0.25) is 4.79 Å². The molecular weight excluding hydrogens is 325 g/mol. The van der Waals surface area contributed by atoms with Crippen LogP contribution in [-0.4, -0.2) is 25.8 Å². The van der Waals surface area contributed by atoms with E-state index in [0.29, 0.717) is 5.56 Å². The second kappa shape index (κ2) is 8.00. The number of halogens is 3.